The lowest BCUT2D eigenvalue weighted by Crippen LogP contribution is -2.24. The maximum atomic E-state index is 11.5. The van der Waals surface area contributed by atoms with Crippen molar-refractivity contribution in [2.24, 2.45) is 0 Å². The second-order valence-electron chi connectivity index (χ2n) is 9.84. The summed E-state index contributed by atoms with van der Waals surface area (Å²) >= 11 is 0. The number of carbonyl (C=O) groups is 1. The zero-order chi connectivity index (χ0) is 28.4. The zero-order valence-corrected chi connectivity index (χ0v) is 23.4. The molecule has 4 heterocycles. The van der Waals surface area contributed by atoms with Gasteiger partial charge >= 0.3 is 5.97 Å². The molecule has 2 unspecified atom stereocenters. The molecular weight excluding hydrogens is 520 g/mol. The molecule has 0 N–H and O–H groups in total. The van der Waals surface area contributed by atoms with Gasteiger partial charge in [0.25, 0.3) is 0 Å². The lowest BCUT2D eigenvalue weighted by atomic mass is 10.1. The Morgan fingerprint density at radius 1 is 1.10 bits per heavy atom. The van der Waals surface area contributed by atoms with E-state index < -0.39 is 0 Å². The molecule has 2 atom stereocenters. The fourth-order valence-electron chi connectivity index (χ4n) is 4.59. The Hall–Kier alpha value is -4.26. The van der Waals surface area contributed by atoms with Gasteiger partial charge in [-0.05, 0) is 69.5 Å². The third-order valence-electron chi connectivity index (χ3n) is 6.73. The number of benzene rings is 1. The predicted octanol–water partition coefficient (Wildman–Crippen LogP) is 5.48. The van der Waals surface area contributed by atoms with Crippen molar-refractivity contribution < 1.29 is 23.5 Å². The molecule has 9 heteroatoms. The van der Waals surface area contributed by atoms with E-state index in [0.29, 0.717) is 31.8 Å². The summed E-state index contributed by atoms with van der Waals surface area (Å²) in [6, 6.07) is 13.6. The van der Waals surface area contributed by atoms with Crippen LogP contribution < -0.4 is 0 Å². The maximum Gasteiger partial charge on any atom is 0.306 e. The zero-order valence-electron chi connectivity index (χ0n) is 23.4. The Balaban J connectivity index is 1.16. The fourth-order valence-corrected chi connectivity index (χ4v) is 4.59. The highest BCUT2D eigenvalue weighted by molar-refractivity contribution is 5.69. The van der Waals surface area contributed by atoms with Crippen LogP contribution in [0.1, 0.15) is 74.0 Å². The van der Waals surface area contributed by atoms with Crippen molar-refractivity contribution in [2.75, 3.05) is 13.2 Å². The normalized spacial score (nSPS) is 15.6. The highest BCUT2D eigenvalue weighted by Gasteiger charge is 2.21. The maximum absolute atomic E-state index is 11.5. The van der Waals surface area contributed by atoms with Gasteiger partial charge in [-0.3, -0.25) is 9.78 Å². The Morgan fingerprint density at radius 3 is 2.68 bits per heavy atom. The molecule has 41 heavy (non-hydrogen) atoms. The van der Waals surface area contributed by atoms with E-state index in [1.165, 1.54) is 0 Å². The molecule has 212 valence electrons. The Kier molecular flexibility index (Phi) is 9.57. The van der Waals surface area contributed by atoms with E-state index in [4.69, 9.17) is 18.7 Å². The minimum atomic E-state index is -0.212. The van der Waals surface area contributed by atoms with Gasteiger partial charge in [-0.1, -0.05) is 17.0 Å². The van der Waals surface area contributed by atoms with Gasteiger partial charge < -0.3 is 23.3 Å². The number of imidazole rings is 1. The molecule has 1 aliphatic heterocycles. The van der Waals surface area contributed by atoms with Gasteiger partial charge in [0.05, 0.1) is 19.6 Å². The number of nitrogens with zero attached hydrogens (tertiary/aromatic N) is 4. The molecule has 0 spiro atoms. The van der Waals surface area contributed by atoms with Crippen LogP contribution in [-0.4, -0.2) is 45.2 Å². The molecule has 3 aromatic heterocycles. The van der Waals surface area contributed by atoms with Gasteiger partial charge in [0.1, 0.15) is 17.6 Å². The molecule has 0 radical (unpaired) electrons. The van der Waals surface area contributed by atoms with Crippen molar-refractivity contribution in [3.8, 4) is 23.2 Å². The van der Waals surface area contributed by atoms with Crippen LogP contribution in [0, 0.1) is 11.8 Å². The van der Waals surface area contributed by atoms with Gasteiger partial charge in [-0.2, -0.15) is 0 Å². The smallest absolute Gasteiger partial charge is 0.306 e. The summed E-state index contributed by atoms with van der Waals surface area (Å²) in [6.45, 7) is 5.45. The topological polar surface area (TPSA) is 102 Å². The molecule has 0 aliphatic carbocycles. The van der Waals surface area contributed by atoms with Crippen LogP contribution in [0.2, 0.25) is 0 Å². The molecule has 0 amide bonds. The van der Waals surface area contributed by atoms with Crippen LogP contribution in [0.25, 0.3) is 11.3 Å². The number of pyridine rings is 1. The van der Waals surface area contributed by atoms with E-state index in [1.807, 2.05) is 60.2 Å². The minimum absolute atomic E-state index is 0.179. The van der Waals surface area contributed by atoms with Gasteiger partial charge in [-0.25, -0.2) is 4.98 Å². The quantitative estimate of drug-likeness (QED) is 0.188. The summed E-state index contributed by atoms with van der Waals surface area (Å²) in [5.41, 5.74) is 4.22. The first kappa shape index (κ1) is 28.3. The van der Waals surface area contributed by atoms with Crippen molar-refractivity contribution in [1.82, 2.24) is 19.7 Å². The average Bonchev–Trinajstić information content (AvgIpc) is 3.67. The van der Waals surface area contributed by atoms with Crippen molar-refractivity contribution in [1.29, 1.82) is 0 Å². The lowest BCUT2D eigenvalue weighted by Gasteiger charge is -2.26. The summed E-state index contributed by atoms with van der Waals surface area (Å²) in [4.78, 5) is 20.4. The number of carbonyl (C=O) groups excluding carboxylic acids is 1. The fraction of sp³-hybridized carbons (Fsp3) is 0.375. The van der Waals surface area contributed by atoms with E-state index in [-0.39, 0.29) is 18.4 Å². The first-order valence-corrected chi connectivity index (χ1v) is 14.0. The first-order valence-electron chi connectivity index (χ1n) is 14.0. The molecular formula is C32H34N4O5. The molecule has 1 fully saturated rings. The molecule has 4 aromatic rings. The minimum Gasteiger partial charge on any atom is -0.466 e. The molecule has 0 bridgehead atoms. The molecule has 5 rings (SSSR count). The summed E-state index contributed by atoms with van der Waals surface area (Å²) in [5.74, 6) is 7.60. The number of hydrogen-bond acceptors (Lipinski definition) is 8. The van der Waals surface area contributed by atoms with Crippen molar-refractivity contribution in [3.63, 3.8) is 0 Å². The summed E-state index contributed by atoms with van der Waals surface area (Å²) in [5, 5.41) is 4.27. The van der Waals surface area contributed by atoms with Gasteiger partial charge in [0, 0.05) is 60.1 Å². The number of aromatic nitrogens is 4. The largest absolute Gasteiger partial charge is 0.466 e. The van der Waals surface area contributed by atoms with Crippen LogP contribution in [0.15, 0.2) is 65.6 Å². The molecule has 9 nitrogen and oxygen atoms in total. The van der Waals surface area contributed by atoms with Gasteiger partial charge in [0.2, 0.25) is 0 Å². The third-order valence-corrected chi connectivity index (χ3v) is 6.73. The van der Waals surface area contributed by atoms with E-state index in [1.54, 1.807) is 19.3 Å². The molecule has 1 saturated heterocycles. The Morgan fingerprint density at radius 2 is 1.93 bits per heavy atom. The van der Waals surface area contributed by atoms with Crippen molar-refractivity contribution in [2.45, 2.75) is 64.9 Å². The van der Waals surface area contributed by atoms with Gasteiger partial charge in [0.15, 0.2) is 12.1 Å². The van der Waals surface area contributed by atoms with E-state index >= 15 is 0 Å². The molecule has 1 aromatic carbocycles. The van der Waals surface area contributed by atoms with Crippen LogP contribution in [0.5, 0.6) is 0 Å². The van der Waals surface area contributed by atoms with Crippen LogP contribution in [0.4, 0.5) is 0 Å². The second kappa shape index (κ2) is 13.9. The number of hydrogen-bond donors (Lipinski definition) is 0. The van der Waals surface area contributed by atoms with Crippen LogP contribution in [0.3, 0.4) is 0 Å². The monoisotopic (exact) mass is 554 g/mol. The van der Waals surface area contributed by atoms with E-state index in [0.717, 1.165) is 59.8 Å². The lowest BCUT2D eigenvalue weighted by molar-refractivity contribution is -0.188. The summed E-state index contributed by atoms with van der Waals surface area (Å²) < 4.78 is 24.4. The number of ether oxygens (including phenoxy) is 3. The second-order valence-corrected chi connectivity index (χ2v) is 9.84. The van der Waals surface area contributed by atoms with E-state index in [9.17, 15) is 4.79 Å². The SMILES string of the molecule is CCOC(=O)CCc1ccc(C#Cc2ccc(-c3cc(Cn4ccnc4C(C)OC4CCCCO4)no3)cc2)cn1. The first-order chi connectivity index (χ1) is 20.1. The Bertz CT molecular complexity index is 1470. The number of aryl methyl sites for hydroxylation is 1. The third kappa shape index (κ3) is 7.91. The number of rotatable bonds is 10. The molecule has 1 aliphatic rings. The van der Waals surface area contributed by atoms with Gasteiger partial charge in [-0.15, -0.1) is 0 Å². The standard InChI is InChI=1S/C32H34N4O5/c1-3-38-30(37)16-15-27-14-11-25(21-34-27)8-7-24-9-12-26(13-10-24)29-20-28(35-41-29)22-36-18-17-33-32(36)23(2)40-31-6-4-5-19-39-31/h9-14,17-18,20-21,23,31H,3-6,15-16,19,22H2,1-2H3. The van der Waals surface area contributed by atoms with Crippen LogP contribution >= 0.6 is 0 Å². The highest BCUT2D eigenvalue weighted by Crippen LogP contribution is 2.25. The summed E-state index contributed by atoms with van der Waals surface area (Å²) in [6.07, 6.45) is 9.02. The van der Waals surface area contributed by atoms with Crippen molar-refractivity contribution in [3.05, 3.63) is 89.4 Å². The van der Waals surface area contributed by atoms with Crippen molar-refractivity contribution >= 4 is 5.97 Å². The molecule has 0 saturated carbocycles. The Labute approximate surface area is 239 Å². The van der Waals surface area contributed by atoms with Crippen LogP contribution in [-0.2, 0) is 32.0 Å². The van der Waals surface area contributed by atoms with E-state index in [2.05, 4.69) is 27.0 Å². The average molecular weight is 555 g/mol. The highest BCUT2D eigenvalue weighted by atomic mass is 16.7. The predicted molar refractivity (Wildman–Crippen MR) is 152 cm³/mol. The number of esters is 1. The summed E-state index contributed by atoms with van der Waals surface area (Å²) in [7, 11) is 0.